The highest BCUT2D eigenvalue weighted by atomic mass is 32.2. The number of nitrogens with two attached hydrogens (primary N) is 1. The first-order chi connectivity index (χ1) is 9.01. The minimum Gasteiger partial charge on any atom is -0.384 e. The van der Waals surface area contributed by atoms with E-state index in [1.54, 1.807) is 7.11 Å². The molecule has 19 heavy (non-hydrogen) atoms. The van der Waals surface area contributed by atoms with Gasteiger partial charge < -0.3 is 10.5 Å². The molecule has 2 N–H and O–H groups in total. The molecule has 0 aromatic heterocycles. The van der Waals surface area contributed by atoms with E-state index < -0.39 is 9.84 Å². The number of sulfone groups is 1. The fraction of sp³-hybridized carbons (Fsp3) is 1.00. The smallest absolute Gasteiger partial charge is 0.150 e. The molecule has 0 saturated carbocycles. The van der Waals surface area contributed by atoms with Crippen molar-refractivity contribution in [2.45, 2.75) is 31.2 Å². The van der Waals surface area contributed by atoms with Gasteiger partial charge in [-0.05, 0) is 38.1 Å². The van der Waals surface area contributed by atoms with Crippen LogP contribution in [-0.4, -0.2) is 63.7 Å². The van der Waals surface area contributed by atoms with Crippen molar-refractivity contribution in [1.82, 2.24) is 4.90 Å². The van der Waals surface area contributed by atoms with Gasteiger partial charge in [0, 0.05) is 25.7 Å². The van der Waals surface area contributed by atoms with Crippen LogP contribution in [0.3, 0.4) is 0 Å². The van der Waals surface area contributed by atoms with Gasteiger partial charge >= 0.3 is 0 Å². The summed E-state index contributed by atoms with van der Waals surface area (Å²) >= 11 is 0. The van der Waals surface area contributed by atoms with Gasteiger partial charge in [-0.3, -0.25) is 4.90 Å². The molecule has 0 amide bonds. The van der Waals surface area contributed by atoms with Crippen molar-refractivity contribution in [2.24, 2.45) is 11.7 Å². The van der Waals surface area contributed by atoms with Crippen molar-refractivity contribution >= 4 is 9.84 Å². The summed E-state index contributed by atoms with van der Waals surface area (Å²) in [5.74, 6) is 1.13. The molecule has 0 aliphatic carbocycles. The summed E-state index contributed by atoms with van der Waals surface area (Å²) in [6.07, 6.45) is 3.73. The van der Waals surface area contributed by atoms with Crippen LogP contribution in [0.15, 0.2) is 0 Å². The normalized spacial score (nSPS) is 31.2. The lowest BCUT2D eigenvalue weighted by atomic mass is 9.86. The maximum Gasteiger partial charge on any atom is 0.150 e. The van der Waals surface area contributed by atoms with Crippen LogP contribution in [0, 0.1) is 5.92 Å². The van der Waals surface area contributed by atoms with Gasteiger partial charge in [-0.15, -0.1) is 0 Å². The first kappa shape index (κ1) is 15.2. The van der Waals surface area contributed by atoms with Crippen LogP contribution >= 0.6 is 0 Å². The molecule has 5 nitrogen and oxygen atoms in total. The zero-order chi connectivity index (χ0) is 13.9. The average molecular weight is 290 g/mol. The van der Waals surface area contributed by atoms with E-state index in [2.05, 4.69) is 4.90 Å². The summed E-state index contributed by atoms with van der Waals surface area (Å²) in [6.45, 7) is 3.38. The van der Waals surface area contributed by atoms with E-state index in [1.165, 1.54) is 6.42 Å². The molecule has 0 radical (unpaired) electrons. The number of piperidine rings is 1. The molecule has 0 aromatic rings. The number of nitrogens with zero attached hydrogens (tertiary/aromatic N) is 1. The van der Waals surface area contributed by atoms with Crippen LogP contribution in [0.1, 0.15) is 25.7 Å². The highest BCUT2D eigenvalue weighted by molar-refractivity contribution is 7.91. The quantitative estimate of drug-likeness (QED) is 0.803. The molecule has 2 heterocycles. The van der Waals surface area contributed by atoms with Crippen molar-refractivity contribution in [1.29, 1.82) is 0 Å². The SMILES string of the molecule is COCC1CCCN(C2(CN)CCS(=O)(=O)CC2)C1. The third-order valence-electron chi connectivity index (χ3n) is 4.73. The molecule has 6 heteroatoms. The molecule has 1 atom stereocenters. The standard InChI is InChI=1S/C13H26N2O3S/c1-18-10-12-3-2-6-15(9-12)13(11-14)4-7-19(16,17)8-5-13/h12H,2-11,14H2,1H3. The second-order valence-electron chi connectivity index (χ2n) is 5.99. The number of methoxy groups -OCH3 is 1. The summed E-state index contributed by atoms with van der Waals surface area (Å²) in [4.78, 5) is 2.44. The topological polar surface area (TPSA) is 72.6 Å². The summed E-state index contributed by atoms with van der Waals surface area (Å²) in [5, 5.41) is 0. The Bertz CT molecular complexity index is 381. The zero-order valence-corrected chi connectivity index (χ0v) is 12.6. The number of hydrogen-bond donors (Lipinski definition) is 1. The maximum absolute atomic E-state index is 11.6. The fourth-order valence-electron chi connectivity index (χ4n) is 3.44. The number of rotatable bonds is 4. The van der Waals surface area contributed by atoms with Crippen LogP contribution in [0.25, 0.3) is 0 Å². The fourth-order valence-corrected chi connectivity index (χ4v) is 5.02. The number of ether oxygens (including phenoxy) is 1. The third kappa shape index (κ3) is 3.48. The van der Waals surface area contributed by atoms with Crippen LogP contribution in [0.5, 0.6) is 0 Å². The van der Waals surface area contributed by atoms with Crippen molar-refractivity contribution in [3.8, 4) is 0 Å². The predicted octanol–water partition coefficient (Wildman–Crippen LogP) is 0.251. The highest BCUT2D eigenvalue weighted by Crippen LogP contribution is 2.33. The first-order valence-electron chi connectivity index (χ1n) is 7.16. The zero-order valence-electron chi connectivity index (χ0n) is 11.8. The average Bonchev–Trinajstić information content (AvgIpc) is 2.40. The highest BCUT2D eigenvalue weighted by Gasteiger charge is 2.42. The second kappa shape index (κ2) is 6.08. The third-order valence-corrected chi connectivity index (χ3v) is 6.38. The van der Waals surface area contributed by atoms with Gasteiger partial charge in [-0.25, -0.2) is 8.42 Å². The van der Waals surface area contributed by atoms with Gasteiger partial charge in [-0.2, -0.15) is 0 Å². The van der Waals surface area contributed by atoms with Crippen LogP contribution in [0.2, 0.25) is 0 Å². The van der Waals surface area contributed by atoms with E-state index in [0.717, 1.165) is 26.1 Å². The van der Waals surface area contributed by atoms with E-state index in [9.17, 15) is 8.42 Å². The monoisotopic (exact) mass is 290 g/mol. The van der Waals surface area contributed by atoms with E-state index >= 15 is 0 Å². The van der Waals surface area contributed by atoms with E-state index in [0.29, 0.717) is 25.3 Å². The molecule has 0 bridgehead atoms. The van der Waals surface area contributed by atoms with Crippen LogP contribution in [0.4, 0.5) is 0 Å². The Hall–Kier alpha value is -0.170. The molecule has 112 valence electrons. The molecule has 2 aliphatic heterocycles. The molecule has 1 unspecified atom stereocenters. The summed E-state index contributed by atoms with van der Waals surface area (Å²) in [5.41, 5.74) is 5.91. The molecule has 2 fully saturated rings. The minimum atomic E-state index is -2.83. The van der Waals surface area contributed by atoms with Crippen molar-refractivity contribution < 1.29 is 13.2 Å². The Morgan fingerprint density at radius 2 is 2.05 bits per heavy atom. The molecule has 2 aliphatic rings. The van der Waals surface area contributed by atoms with Gasteiger partial charge in [0.15, 0.2) is 0 Å². The van der Waals surface area contributed by atoms with Crippen molar-refractivity contribution in [3.63, 3.8) is 0 Å². The van der Waals surface area contributed by atoms with Gasteiger partial charge in [0.05, 0.1) is 18.1 Å². The Balaban J connectivity index is 2.04. The molecule has 2 saturated heterocycles. The molecular formula is C13H26N2O3S. The molecule has 0 aromatic carbocycles. The first-order valence-corrected chi connectivity index (χ1v) is 8.98. The van der Waals surface area contributed by atoms with Crippen molar-refractivity contribution in [3.05, 3.63) is 0 Å². The lowest BCUT2D eigenvalue weighted by Crippen LogP contribution is -2.60. The Morgan fingerprint density at radius 3 is 2.63 bits per heavy atom. The largest absolute Gasteiger partial charge is 0.384 e. The number of hydrogen-bond acceptors (Lipinski definition) is 5. The number of likely N-dealkylation sites (tertiary alicyclic amines) is 1. The lowest BCUT2D eigenvalue weighted by molar-refractivity contribution is 0.0167. The summed E-state index contributed by atoms with van der Waals surface area (Å²) < 4.78 is 28.5. The van der Waals surface area contributed by atoms with Gasteiger partial charge in [0.1, 0.15) is 9.84 Å². The maximum atomic E-state index is 11.6. The van der Waals surface area contributed by atoms with E-state index in [1.807, 2.05) is 0 Å². The summed E-state index contributed by atoms with van der Waals surface area (Å²) in [6, 6.07) is 0. The lowest BCUT2D eigenvalue weighted by Gasteiger charge is -2.49. The van der Waals surface area contributed by atoms with Crippen LogP contribution in [-0.2, 0) is 14.6 Å². The van der Waals surface area contributed by atoms with Gasteiger partial charge in [0.25, 0.3) is 0 Å². The Kier molecular flexibility index (Phi) is 4.87. The molecule has 0 spiro atoms. The Morgan fingerprint density at radius 1 is 1.37 bits per heavy atom. The van der Waals surface area contributed by atoms with E-state index in [-0.39, 0.29) is 17.0 Å². The Labute approximate surface area is 116 Å². The minimum absolute atomic E-state index is 0.0995. The van der Waals surface area contributed by atoms with Gasteiger partial charge in [-0.1, -0.05) is 0 Å². The van der Waals surface area contributed by atoms with Crippen molar-refractivity contribution in [2.75, 3.05) is 44.9 Å². The predicted molar refractivity (Wildman–Crippen MR) is 75.8 cm³/mol. The van der Waals surface area contributed by atoms with Gasteiger partial charge in [0.2, 0.25) is 0 Å². The molecular weight excluding hydrogens is 264 g/mol. The second-order valence-corrected chi connectivity index (χ2v) is 8.29. The van der Waals surface area contributed by atoms with Crippen LogP contribution < -0.4 is 5.73 Å². The van der Waals surface area contributed by atoms with E-state index in [4.69, 9.17) is 10.5 Å². The molecule has 2 rings (SSSR count). The summed E-state index contributed by atoms with van der Waals surface area (Å²) in [7, 11) is -1.09.